The molecule has 1 heterocycles. The van der Waals surface area contributed by atoms with Gasteiger partial charge < -0.3 is 34.7 Å². The van der Waals surface area contributed by atoms with Crippen molar-refractivity contribution in [3.05, 3.63) is 72.0 Å². The number of phenolic OH excluding ortho intramolecular Hbond substituents is 1. The van der Waals surface area contributed by atoms with Crippen LogP contribution in [0.25, 0.3) is 10.8 Å². The molecule has 0 amide bonds. The van der Waals surface area contributed by atoms with Gasteiger partial charge in [0.05, 0.1) is 67.7 Å². The molecule has 0 unspecified atom stereocenters. The van der Waals surface area contributed by atoms with Crippen LogP contribution in [-0.2, 0) is 68.3 Å². The first-order valence-corrected chi connectivity index (χ1v) is 24.5. The van der Waals surface area contributed by atoms with Crippen LogP contribution in [0.5, 0.6) is 5.75 Å². The molecule has 5 rings (SSSR count). The quantitative estimate of drug-likeness (QED) is 0.0124. The van der Waals surface area contributed by atoms with Crippen LogP contribution in [0.4, 0.5) is 34.6 Å². The van der Waals surface area contributed by atoms with E-state index in [-0.39, 0.29) is 173 Å². The van der Waals surface area contributed by atoms with E-state index >= 15 is 0 Å². The van der Waals surface area contributed by atoms with Crippen LogP contribution in [0.3, 0.4) is 0 Å². The van der Waals surface area contributed by atoms with Gasteiger partial charge in [-0.2, -0.15) is 24.4 Å². The molecule has 3 N–H and O–H groups in total. The van der Waals surface area contributed by atoms with E-state index in [2.05, 4.69) is 53.6 Å². The fourth-order valence-electron chi connectivity index (χ4n) is 4.90. The summed E-state index contributed by atoms with van der Waals surface area (Å²) >= 11 is 6.27. The molecule has 0 bridgehead atoms. The molecule has 4 aromatic carbocycles. The fraction of sp³-hybridized carbons (Fsp3) is 0.138. The Kier molecular flexibility index (Phi) is 25.5. The Balaban J connectivity index is 0.00000544. The molecule has 0 saturated carbocycles. The largest absolute Gasteiger partial charge is 1.00 e. The van der Waals surface area contributed by atoms with Gasteiger partial charge in [0.25, 0.3) is 0 Å². The number of rotatable bonds is 20. The fourth-order valence-corrected chi connectivity index (χ4v) is 9.17. The van der Waals surface area contributed by atoms with E-state index in [4.69, 9.17) is 11.6 Å². The molecule has 0 spiro atoms. The Hall–Kier alpha value is -0.780. The van der Waals surface area contributed by atoms with Gasteiger partial charge in [-0.1, -0.05) is 0 Å². The minimum atomic E-state index is -5.33. The van der Waals surface area contributed by atoms with Crippen molar-refractivity contribution < 1.29 is 202 Å². The zero-order chi connectivity index (χ0) is 45.7. The van der Waals surface area contributed by atoms with Gasteiger partial charge in [-0.25, -0.2) is 42.1 Å². The van der Waals surface area contributed by atoms with E-state index in [0.29, 0.717) is 0 Å². The zero-order valence-electron chi connectivity index (χ0n) is 34.0. The molecule has 334 valence electrons. The Morgan fingerprint density at radius 3 is 1.67 bits per heavy atom. The molecular weight excluding hydrogens is 1070 g/mol. The van der Waals surface area contributed by atoms with Crippen molar-refractivity contribution in [1.29, 1.82) is 0 Å². The Labute approximate surface area is 473 Å². The number of sulfone groups is 2. The average Bonchev–Trinajstić information content (AvgIpc) is 3.15. The van der Waals surface area contributed by atoms with Crippen molar-refractivity contribution in [2.24, 2.45) is 10.2 Å². The number of nitrogens with zero attached hydrogens (tertiary/aromatic N) is 5. The molecule has 37 heteroatoms. The second-order valence-electron chi connectivity index (χ2n) is 11.6. The summed E-state index contributed by atoms with van der Waals surface area (Å²) in [6, 6.07) is 12.1. The van der Waals surface area contributed by atoms with Crippen LogP contribution >= 0.6 is 23.6 Å². The third-order valence-corrected chi connectivity index (χ3v) is 13.5. The van der Waals surface area contributed by atoms with Gasteiger partial charge in [-0.15, -0.1) is 5.11 Å². The van der Waals surface area contributed by atoms with Crippen molar-refractivity contribution in [3.8, 4) is 5.75 Å². The van der Waals surface area contributed by atoms with Gasteiger partial charge in [-0.3, -0.25) is 13.4 Å². The summed E-state index contributed by atoms with van der Waals surface area (Å²) in [5, 5.41) is 37.7. The smallest absolute Gasteiger partial charge is 0.744 e. The maximum Gasteiger partial charge on any atom is 1.00 e. The second kappa shape index (κ2) is 26.6. The van der Waals surface area contributed by atoms with Crippen molar-refractivity contribution in [1.82, 2.24) is 15.0 Å². The first kappa shape index (κ1) is 63.2. The molecule has 0 aliphatic heterocycles. The Morgan fingerprint density at radius 2 is 1.18 bits per heavy atom. The number of aromatic hydroxyl groups is 1. The number of phenols is 1. The Morgan fingerprint density at radius 1 is 0.682 bits per heavy atom. The van der Waals surface area contributed by atoms with Crippen LogP contribution in [0.2, 0.25) is 5.28 Å². The van der Waals surface area contributed by atoms with Crippen LogP contribution in [0.15, 0.2) is 96.5 Å². The summed E-state index contributed by atoms with van der Waals surface area (Å²) in [4.78, 5) is 10.1. The maximum atomic E-state index is 12.5. The summed E-state index contributed by atoms with van der Waals surface area (Å²) in [6.45, 7) is -1.86. The summed E-state index contributed by atoms with van der Waals surface area (Å²) < 4.78 is 163. The molecule has 66 heavy (non-hydrogen) atoms. The number of hydrogen-bond donors (Lipinski definition) is 3. The molecule has 1 aromatic heterocycles. The first-order valence-electron chi connectivity index (χ1n) is 16.0. The van der Waals surface area contributed by atoms with Crippen molar-refractivity contribution in [3.63, 3.8) is 0 Å². The SMILES string of the molecule is O=S(=O)([O-])OCCS(=O)(=O)c1ccc(N=Nc2c(SOO[O-])cc3cc(S(=O)(=O)[O-])c(Nc4nc(Cl)nc(Nc5ccc(S(=O)(=O)CCOS(=O)(=O)[O-])cc5)n4)cc3c2O)cc1.[Na+].[Na+].[Na+].[Na+]. The van der Waals surface area contributed by atoms with E-state index < -0.39 is 109 Å². The predicted molar refractivity (Wildman–Crippen MR) is 205 cm³/mol. The van der Waals surface area contributed by atoms with Gasteiger partial charge in [0.2, 0.25) is 38.0 Å². The van der Waals surface area contributed by atoms with Gasteiger partial charge in [0.15, 0.2) is 25.4 Å². The molecule has 0 atom stereocenters. The molecule has 0 saturated heterocycles. The number of halogens is 1. The van der Waals surface area contributed by atoms with Crippen molar-refractivity contribution >= 4 is 120 Å². The summed E-state index contributed by atoms with van der Waals surface area (Å²) in [7, 11) is -23.8. The average molecular weight is 1090 g/mol. The van der Waals surface area contributed by atoms with E-state index in [1.807, 2.05) is 0 Å². The number of benzene rings is 4. The third-order valence-electron chi connectivity index (χ3n) is 7.52. The molecule has 26 nitrogen and oxygen atoms in total. The molecular formula is C29H22ClN7Na4O19S6. The number of anilines is 4. The zero-order valence-corrected chi connectivity index (χ0v) is 47.7. The maximum absolute atomic E-state index is 12.5. The van der Waals surface area contributed by atoms with Gasteiger partial charge in [-0.05, 0) is 83.7 Å². The number of aromatic nitrogens is 3. The monoisotopic (exact) mass is 1090 g/mol. The van der Waals surface area contributed by atoms with E-state index in [1.54, 1.807) is 0 Å². The minimum absolute atomic E-state index is 0. The molecule has 5 aromatic rings. The van der Waals surface area contributed by atoms with Crippen LogP contribution < -0.4 is 134 Å². The van der Waals surface area contributed by atoms with Crippen LogP contribution in [-0.4, -0.2) is 101 Å². The summed E-state index contributed by atoms with van der Waals surface area (Å²) in [5.74, 6) is -3.20. The topological polar surface area (TPSA) is 408 Å². The van der Waals surface area contributed by atoms with E-state index in [1.165, 1.54) is 12.1 Å². The van der Waals surface area contributed by atoms with E-state index in [0.717, 1.165) is 54.6 Å². The molecule has 0 aliphatic carbocycles. The number of nitrogens with one attached hydrogen (secondary N) is 2. The molecule has 0 fully saturated rings. The van der Waals surface area contributed by atoms with Crippen molar-refractivity contribution in [2.45, 2.75) is 19.6 Å². The summed E-state index contributed by atoms with van der Waals surface area (Å²) in [6.07, 6.45) is 0. The van der Waals surface area contributed by atoms with Crippen LogP contribution in [0.1, 0.15) is 0 Å². The molecule has 0 radical (unpaired) electrons. The predicted octanol–water partition coefficient (Wildman–Crippen LogP) is -10.1. The molecule has 0 aliphatic rings. The second-order valence-corrected chi connectivity index (χ2v) is 20.4. The number of hydrogen-bond acceptors (Lipinski definition) is 27. The van der Waals surface area contributed by atoms with Gasteiger partial charge >= 0.3 is 118 Å². The standard InChI is InChI=1S/C29H26ClN7O19S6.4Na/c30-27-33-28(31-17-1-5-19(6-2-17)58(40,41)11-9-53-61(47,48)49)35-29(34-27)32-22-15-21-16(14-24(22)60(44,45)46)13-23(57-56-55-39)25(26(21)38)37-36-18-3-7-20(8-4-18)59(42,43)12-10-54-62(50,51)52;;;;/h1-8,13-15,38-39H,9-12H2,(H,44,45,46)(H,47,48,49)(H,50,51,52)(H2,31,32,33,34,35);;;;/q;4*+1/p-4. The Bertz CT molecular complexity index is 3110. The van der Waals surface area contributed by atoms with Gasteiger partial charge in [0.1, 0.15) is 15.8 Å². The van der Waals surface area contributed by atoms with Crippen LogP contribution in [0, 0.1) is 0 Å². The normalized spacial score (nSPS) is 12.1. The number of fused-ring (bicyclic) bond motifs is 1. The van der Waals surface area contributed by atoms with Gasteiger partial charge in [0, 0.05) is 11.1 Å². The number of azo groups is 1. The first-order chi connectivity index (χ1) is 28.8. The minimum Gasteiger partial charge on any atom is -0.744 e. The third kappa shape index (κ3) is 18.8. The van der Waals surface area contributed by atoms with Crippen molar-refractivity contribution in [2.75, 3.05) is 35.4 Å². The summed E-state index contributed by atoms with van der Waals surface area (Å²) in [5.41, 5.74) is -0.795. The van der Waals surface area contributed by atoms with E-state index in [9.17, 15) is 66.1 Å².